The van der Waals surface area contributed by atoms with E-state index < -0.39 is 0 Å². The van der Waals surface area contributed by atoms with Crippen LogP contribution in [-0.4, -0.2) is 56.1 Å². The number of nitrogens with one attached hydrogen (secondary N) is 1. The Balaban J connectivity index is 1.57. The Bertz CT molecular complexity index is 604. The Morgan fingerprint density at radius 1 is 1.33 bits per heavy atom. The van der Waals surface area contributed by atoms with E-state index in [-0.39, 0.29) is 6.10 Å². The third-order valence-corrected chi connectivity index (χ3v) is 3.78. The van der Waals surface area contributed by atoms with E-state index in [1.165, 1.54) is 5.69 Å². The van der Waals surface area contributed by atoms with Gasteiger partial charge < -0.3 is 4.74 Å². The van der Waals surface area contributed by atoms with Crippen molar-refractivity contribution in [1.82, 2.24) is 29.9 Å². The number of ether oxygens (including phenoxy) is 1. The largest absolute Gasteiger partial charge is 0.367 e. The summed E-state index contributed by atoms with van der Waals surface area (Å²) in [6.45, 7) is 10.4. The molecule has 21 heavy (non-hydrogen) atoms. The number of aromatic nitrogens is 5. The number of rotatable bonds is 4. The molecule has 0 saturated carbocycles. The third-order valence-electron chi connectivity index (χ3n) is 3.78. The average Bonchev–Trinajstić information content (AvgIpc) is 3.03. The quantitative estimate of drug-likeness (QED) is 0.909. The van der Waals surface area contributed by atoms with Crippen molar-refractivity contribution in [3.63, 3.8) is 0 Å². The molecule has 7 nitrogen and oxygen atoms in total. The van der Waals surface area contributed by atoms with Crippen LogP contribution in [0.25, 0.3) is 0 Å². The summed E-state index contributed by atoms with van der Waals surface area (Å²) in [6.07, 6.45) is -0.0378. The van der Waals surface area contributed by atoms with Crippen LogP contribution < -0.4 is 0 Å². The van der Waals surface area contributed by atoms with Crippen molar-refractivity contribution < 1.29 is 4.74 Å². The van der Waals surface area contributed by atoms with E-state index in [2.05, 4.69) is 42.9 Å². The zero-order valence-corrected chi connectivity index (χ0v) is 12.8. The topological polar surface area (TPSA) is 71.9 Å². The van der Waals surface area contributed by atoms with Gasteiger partial charge in [-0.2, -0.15) is 10.2 Å². The van der Waals surface area contributed by atoms with Crippen molar-refractivity contribution in [3.8, 4) is 0 Å². The van der Waals surface area contributed by atoms with E-state index in [1.54, 1.807) is 0 Å². The van der Waals surface area contributed by atoms with E-state index in [0.717, 1.165) is 50.1 Å². The lowest BCUT2D eigenvalue weighted by molar-refractivity contribution is -0.0353. The molecule has 3 rings (SSSR count). The average molecular weight is 290 g/mol. The number of nitrogens with zero attached hydrogens (tertiary/aromatic N) is 5. The summed E-state index contributed by atoms with van der Waals surface area (Å²) < 4.78 is 7.84. The fourth-order valence-electron chi connectivity index (χ4n) is 2.70. The van der Waals surface area contributed by atoms with E-state index in [0.29, 0.717) is 0 Å². The van der Waals surface area contributed by atoms with Gasteiger partial charge in [0, 0.05) is 25.3 Å². The van der Waals surface area contributed by atoms with Gasteiger partial charge in [-0.3, -0.25) is 14.7 Å². The highest BCUT2D eigenvalue weighted by molar-refractivity contribution is 5.06. The van der Waals surface area contributed by atoms with Crippen LogP contribution in [0.15, 0.2) is 6.07 Å². The zero-order valence-electron chi connectivity index (χ0n) is 12.8. The fourth-order valence-corrected chi connectivity index (χ4v) is 2.70. The number of morpholine rings is 1. The summed E-state index contributed by atoms with van der Waals surface area (Å²) in [7, 11) is 0. The molecule has 0 spiro atoms. The molecule has 2 aromatic rings. The first-order valence-electron chi connectivity index (χ1n) is 7.36. The molecule has 0 amide bonds. The van der Waals surface area contributed by atoms with Crippen LogP contribution in [0.4, 0.5) is 0 Å². The van der Waals surface area contributed by atoms with Gasteiger partial charge in [-0.25, -0.2) is 4.98 Å². The maximum absolute atomic E-state index is 5.78. The Kier molecular flexibility index (Phi) is 4.03. The fraction of sp³-hybridized carbons (Fsp3) is 0.643. The van der Waals surface area contributed by atoms with Crippen molar-refractivity contribution in [2.75, 3.05) is 26.2 Å². The summed E-state index contributed by atoms with van der Waals surface area (Å²) in [5.74, 6) is 1.58. The molecule has 114 valence electrons. The van der Waals surface area contributed by atoms with Crippen molar-refractivity contribution >= 4 is 0 Å². The zero-order chi connectivity index (χ0) is 14.8. The molecule has 1 fully saturated rings. The summed E-state index contributed by atoms with van der Waals surface area (Å²) in [6, 6.07) is 2.11. The van der Waals surface area contributed by atoms with Crippen molar-refractivity contribution in [2.45, 2.75) is 33.4 Å². The van der Waals surface area contributed by atoms with Gasteiger partial charge in [-0.1, -0.05) is 0 Å². The monoisotopic (exact) mass is 290 g/mol. The standard InChI is InChI=1S/C14H22N6O/c1-10-8-11(2)20(18-10)5-4-19-6-7-21-13(9-19)14-15-12(3)16-17-14/h8,13H,4-7,9H2,1-3H3,(H,15,16,17). The van der Waals surface area contributed by atoms with Gasteiger partial charge in [0.25, 0.3) is 0 Å². The van der Waals surface area contributed by atoms with E-state index >= 15 is 0 Å². The van der Waals surface area contributed by atoms with Crippen LogP contribution in [0.1, 0.15) is 29.1 Å². The summed E-state index contributed by atoms with van der Waals surface area (Å²) in [5, 5.41) is 11.6. The highest BCUT2D eigenvalue weighted by atomic mass is 16.5. The predicted octanol–water partition coefficient (Wildman–Crippen LogP) is 1.000. The van der Waals surface area contributed by atoms with Gasteiger partial charge in [0.15, 0.2) is 5.82 Å². The second-order valence-electron chi connectivity index (χ2n) is 5.59. The molecule has 1 atom stereocenters. The Labute approximate surface area is 124 Å². The number of H-pyrrole nitrogens is 1. The molecule has 0 aliphatic carbocycles. The maximum Gasteiger partial charge on any atom is 0.180 e. The first-order valence-corrected chi connectivity index (χ1v) is 7.36. The van der Waals surface area contributed by atoms with Crippen LogP contribution >= 0.6 is 0 Å². The molecule has 1 aliphatic heterocycles. The van der Waals surface area contributed by atoms with Crippen molar-refractivity contribution in [3.05, 3.63) is 29.1 Å². The minimum absolute atomic E-state index is 0.0378. The molecule has 1 unspecified atom stereocenters. The number of hydrogen-bond donors (Lipinski definition) is 1. The van der Waals surface area contributed by atoms with E-state index in [1.807, 2.05) is 13.8 Å². The molecular weight excluding hydrogens is 268 g/mol. The molecule has 7 heteroatoms. The minimum atomic E-state index is -0.0378. The van der Waals surface area contributed by atoms with E-state index in [4.69, 9.17) is 4.74 Å². The molecule has 1 saturated heterocycles. The maximum atomic E-state index is 5.78. The normalized spacial score (nSPS) is 20.0. The van der Waals surface area contributed by atoms with Gasteiger partial charge in [0.1, 0.15) is 11.9 Å². The highest BCUT2D eigenvalue weighted by Crippen LogP contribution is 2.18. The number of hydrogen-bond acceptors (Lipinski definition) is 5. The van der Waals surface area contributed by atoms with Gasteiger partial charge >= 0.3 is 0 Å². The smallest absolute Gasteiger partial charge is 0.180 e. The predicted molar refractivity (Wildman–Crippen MR) is 78.0 cm³/mol. The molecule has 0 aromatic carbocycles. The lowest BCUT2D eigenvalue weighted by Gasteiger charge is -2.31. The van der Waals surface area contributed by atoms with Gasteiger partial charge in [-0.05, 0) is 26.8 Å². The lowest BCUT2D eigenvalue weighted by atomic mass is 10.2. The summed E-state index contributed by atoms with van der Waals surface area (Å²) in [5.41, 5.74) is 2.28. The second-order valence-corrected chi connectivity index (χ2v) is 5.59. The van der Waals surface area contributed by atoms with Crippen molar-refractivity contribution in [2.24, 2.45) is 0 Å². The van der Waals surface area contributed by atoms with Crippen molar-refractivity contribution in [1.29, 1.82) is 0 Å². The molecule has 2 aromatic heterocycles. The first-order chi connectivity index (χ1) is 10.1. The van der Waals surface area contributed by atoms with Gasteiger partial charge in [0.2, 0.25) is 0 Å². The third kappa shape index (κ3) is 3.30. The Morgan fingerprint density at radius 2 is 2.19 bits per heavy atom. The SMILES string of the molecule is Cc1cc(C)n(CCN2CCOC(c3n[nH]c(C)n3)C2)n1. The lowest BCUT2D eigenvalue weighted by Crippen LogP contribution is -2.40. The molecule has 0 bridgehead atoms. The van der Waals surface area contributed by atoms with Gasteiger partial charge in [0.05, 0.1) is 18.8 Å². The van der Waals surface area contributed by atoms with Crippen LogP contribution in [0.5, 0.6) is 0 Å². The van der Waals surface area contributed by atoms with Crippen LogP contribution in [0.3, 0.4) is 0 Å². The second kappa shape index (κ2) is 5.95. The molecule has 1 N–H and O–H groups in total. The summed E-state index contributed by atoms with van der Waals surface area (Å²) >= 11 is 0. The highest BCUT2D eigenvalue weighted by Gasteiger charge is 2.24. The number of aromatic amines is 1. The molecule has 3 heterocycles. The van der Waals surface area contributed by atoms with Gasteiger partial charge in [-0.15, -0.1) is 0 Å². The first kappa shape index (κ1) is 14.2. The minimum Gasteiger partial charge on any atom is -0.367 e. The Hall–Kier alpha value is -1.73. The molecular formula is C14H22N6O. The van der Waals surface area contributed by atoms with Crippen LogP contribution in [0, 0.1) is 20.8 Å². The van der Waals surface area contributed by atoms with Crippen LogP contribution in [-0.2, 0) is 11.3 Å². The summed E-state index contributed by atoms with van der Waals surface area (Å²) in [4.78, 5) is 6.75. The molecule has 1 aliphatic rings. The Morgan fingerprint density at radius 3 is 2.86 bits per heavy atom. The van der Waals surface area contributed by atoms with Crippen LogP contribution in [0.2, 0.25) is 0 Å². The molecule has 0 radical (unpaired) electrons. The van der Waals surface area contributed by atoms with E-state index in [9.17, 15) is 0 Å². The number of aryl methyl sites for hydroxylation is 3.